The predicted octanol–water partition coefficient (Wildman–Crippen LogP) is 2.20. The number of hydrogen-bond acceptors (Lipinski definition) is 3. The van der Waals surface area contributed by atoms with Gasteiger partial charge in [-0.05, 0) is 19.3 Å². The Morgan fingerprint density at radius 1 is 1.31 bits per heavy atom. The Morgan fingerprint density at radius 2 is 1.77 bits per heavy atom. The topological polar surface area (TPSA) is 58.6 Å². The molecule has 0 bridgehead atoms. The van der Waals surface area contributed by atoms with E-state index in [0.717, 1.165) is 19.3 Å². The zero-order valence-corrected chi connectivity index (χ0v) is 8.59. The highest BCUT2D eigenvalue weighted by Crippen LogP contribution is 2.18. The second-order valence-corrected chi connectivity index (χ2v) is 3.07. The van der Waals surface area contributed by atoms with Gasteiger partial charge in [-0.1, -0.05) is 20.8 Å². The van der Waals surface area contributed by atoms with Gasteiger partial charge in [0.05, 0.1) is 0 Å². The van der Waals surface area contributed by atoms with Crippen LogP contribution < -0.4 is 5.32 Å². The Kier molecular flexibility index (Phi) is 5.46. The molecule has 0 saturated carbocycles. The van der Waals surface area contributed by atoms with E-state index in [2.05, 4.69) is 30.8 Å². The van der Waals surface area contributed by atoms with Gasteiger partial charge in [0.25, 0.3) is 0 Å². The lowest BCUT2D eigenvalue weighted by Crippen LogP contribution is -2.45. The Balaban J connectivity index is 3.88. The van der Waals surface area contributed by atoms with E-state index in [1.54, 1.807) is 0 Å². The fraction of sp³-hybridized carbons (Fsp3) is 0.889. The van der Waals surface area contributed by atoms with Crippen LogP contribution in [0.5, 0.6) is 0 Å². The number of nitrogens with one attached hydrogen (secondary N) is 1. The van der Waals surface area contributed by atoms with Crippen LogP contribution in [0.1, 0.15) is 40.0 Å². The van der Waals surface area contributed by atoms with Crippen molar-refractivity contribution >= 4 is 6.16 Å². The maximum atomic E-state index is 10.1. The quantitative estimate of drug-likeness (QED) is 0.496. The molecule has 0 atom stereocenters. The van der Waals surface area contributed by atoms with Crippen LogP contribution in [0.25, 0.3) is 0 Å². The largest absolute Gasteiger partial charge is 0.507 e. The molecular formula is C9H19NO3. The molecule has 13 heavy (non-hydrogen) atoms. The summed E-state index contributed by atoms with van der Waals surface area (Å²) in [6.45, 7) is 6.33. The summed E-state index contributed by atoms with van der Waals surface area (Å²) in [6.07, 6.45) is 1.69. The SMILES string of the molecule is CCC(CC)(CC)NCOC(=O)O. The maximum Gasteiger partial charge on any atom is 0.507 e. The van der Waals surface area contributed by atoms with Gasteiger partial charge in [-0.15, -0.1) is 0 Å². The Bertz CT molecular complexity index is 147. The molecule has 0 unspecified atom stereocenters. The van der Waals surface area contributed by atoms with Gasteiger partial charge in [-0.25, -0.2) is 4.79 Å². The summed E-state index contributed by atoms with van der Waals surface area (Å²) >= 11 is 0. The summed E-state index contributed by atoms with van der Waals surface area (Å²) in [5.41, 5.74) is 0.0233. The average molecular weight is 189 g/mol. The van der Waals surface area contributed by atoms with Crippen LogP contribution in [0.15, 0.2) is 0 Å². The molecule has 0 saturated heterocycles. The Labute approximate surface area is 79.3 Å². The molecule has 0 radical (unpaired) electrons. The van der Waals surface area contributed by atoms with Gasteiger partial charge in [0.2, 0.25) is 0 Å². The molecule has 0 aliphatic carbocycles. The molecule has 4 nitrogen and oxygen atoms in total. The van der Waals surface area contributed by atoms with E-state index in [1.807, 2.05) is 0 Å². The third-order valence-electron chi connectivity index (χ3n) is 2.67. The second kappa shape index (κ2) is 5.80. The van der Waals surface area contributed by atoms with Gasteiger partial charge in [0.15, 0.2) is 0 Å². The van der Waals surface area contributed by atoms with E-state index in [1.165, 1.54) is 0 Å². The first-order valence-electron chi connectivity index (χ1n) is 4.71. The molecule has 0 fully saturated rings. The van der Waals surface area contributed by atoms with E-state index < -0.39 is 6.16 Å². The van der Waals surface area contributed by atoms with Gasteiger partial charge in [-0.3, -0.25) is 5.32 Å². The zero-order valence-electron chi connectivity index (χ0n) is 8.59. The van der Waals surface area contributed by atoms with E-state index in [0.29, 0.717) is 0 Å². The summed E-state index contributed by atoms with van der Waals surface area (Å²) < 4.78 is 4.41. The molecule has 0 aliphatic rings. The van der Waals surface area contributed by atoms with Crippen molar-refractivity contribution in [2.45, 2.75) is 45.6 Å². The summed E-state index contributed by atoms with van der Waals surface area (Å²) in [6, 6.07) is 0. The van der Waals surface area contributed by atoms with Crippen LogP contribution in [0, 0.1) is 0 Å². The van der Waals surface area contributed by atoms with Crippen LogP contribution in [-0.2, 0) is 4.74 Å². The molecule has 0 aromatic rings. The summed E-state index contributed by atoms with van der Waals surface area (Å²) in [5.74, 6) is 0. The first kappa shape index (κ1) is 12.2. The lowest BCUT2D eigenvalue weighted by molar-refractivity contribution is 0.0702. The predicted molar refractivity (Wildman–Crippen MR) is 50.7 cm³/mol. The van der Waals surface area contributed by atoms with Crippen LogP contribution in [-0.4, -0.2) is 23.5 Å². The van der Waals surface area contributed by atoms with Gasteiger partial charge in [-0.2, -0.15) is 0 Å². The van der Waals surface area contributed by atoms with Gasteiger partial charge >= 0.3 is 6.16 Å². The fourth-order valence-corrected chi connectivity index (χ4v) is 1.38. The molecule has 0 aliphatic heterocycles. The minimum atomic E-state index is -1.23. The molecular weight excluding hydrogens is 170 g/mol. The average Bonchev–Trinajstić information content (AvgIpc) is 2.13. The molecule has 0 aromatic heterocycles. The Hall–Kier alpha value is -0.770. The maximum absolute atomic E-state index is 10.1. The number of rotatable bonds is 6. The summed E-state index contributed by atoms with van der Waals surface area (Å²) in [4.78, 5) is 10.1. The molecule has 0 amide bonds. The first-order valence-corrected chi connectivity index (χ1v) is 4.71. The molecule has 0 aromatic carbocycles. The number of ether oxygens (including phenoxy) is 1. The highest BCUT2D eigenvalue weighted by molar-refractivity contribution is 5.56. The first-order chi connectivity index (χ1) is 6.10. The van der Waals surface area contributed by atoms with Crippen LogP contribution in [0.3, 0.4) is 0 Å². The normalized spacial score (nSPS) is 11.3. The van der Waals surface area contributed by atoms with Crippen molar-refractivity contribution < 1.29 is 14.6 Å². The van der Waals surface area contributed by atoms with Crippen molar-refractivity contribution in [2.75, 3.05) is 6.73 Å². The van der Waals surface area contributed by atoms with E-state index >= 15 is 0 Å². The van der Waals surface area contributed by atoms with Crippen LogP contribution >= 0.6 is 0 Å². The third kappa shape index (κ3) is 4.12. The lowest BCUT2D eigenvalue weighted by Gasteiger charge is -2.31. The number of hydrogen-bond donors (Lipinski definition) is 2. The van der Waals surface area contributed by atoms with Crippen molar-refractivity contribution in [1.29, 1.82) is 0 Å². The van der Waals surface area contributed by atoms with E-state index in [-0.39, 0.29) is 12.3 Å². The summed E-state index contributed by atoms with van der Waals surface area (Å²) in [5, 5.41) is 11.4. The van der Waals surface area contributed by atoms with Crippen molar-refractivity contribution in [3.05, 3.63) is 0 Å². The van der Waals surface area contributed by atoms with Crippen LogP contribution in [0.2, 0.25) is 0 Å². The molecule has 0 spiro atoms. The van der Waals surface area contributed by atoms with E-state index in [9.17, 15) is 4.79 Å². The highest BCUT2D eigenvalue weighted by atomic mass is 16.7. The number of carbonyl (C=O) groups is 1. The minimum absolute atomic E-state index is 0.0233. The summed E-state index contributed by atoms with van der Waals surface area (Å²) in [7, 11) is 0. The highest BCUT2D eigenvalue weighted by Gasteiger charge is 2.22. The minimum Gasteiger partial charge on any atom is -0.450 e. The van der Waals surface area contributed by atoms with Crippen molar-refractivity contribution in [1.82, 2.24) is 5.32 Å². The van der Waals surface area contributed by atoms with E-state index in [4.69, 9.17) is 5.11 Å². The fourth-order valence-electron chi connectivity index (χ4n) is 1.38. The molecule has 2 N–H and O–H groups in total. The number of carboxylic acid groups (broad SMARTS) is 1. The molecule has 78 valence electrons. The third-order valence-corrected chi connectivity index (χ3v) is 2.67. The standard InChI is InChI=1S/C9H19NO3/c1-4-9(5-2,6-3)10-7-13-8(11)12/h10H,4-7H2,1-3H3,(H,11,12). The molecule has 4 heteroatoms. The monoisotopic (exact) mass is 189 g/mol. The van der Waals surface area contributed by atoms with Crippen molar-refractivity contribution in [3.63, 3.8) is 0 Å². The second-order valence-electron chi connectivity index (χ2n) is 3.07. The van der Waals surface area contributed by atoms with Crippen LogP contribution in [0.4, 0.5) is 4.79 Å². The zero-order chi connectivity index (χ0) is 10.3. The lowest BCUT2D eigenvalue weighted by atomic mass is 9.90. The van der Waals surface area contributed by atoms with Gasteiger partial charge in [0.1, 0.15) is 6.73 Å². The van der Waals surface area contributed by atoms with Crippen molar-refractivity contribution in [2.24, 2.45) is 0 Å². The Morgan fingerprint density at radius 3 is 2.08 bits per heavy atom. The smallest absolute Gasteiger partial charge is 0.450 e. The molecule has 0 heterocycles. The van der Waals surface area contributed by atoms with Crippen molar-refractivity contribution in [3.8, 4) is 0 Å². The van der Waals surface area contributed by atoms with Gasteiger partial charge in [0, 0.05) is 5.54 Å². The molecule has 0 rings (SSSR count). The van der Waals surface area contributed by atoms with Gasteiger partial charge < -0.3 is 9.84 Å².